The number of halogens is 1. The molecule has 0 saturated heterocycles. The van der Waals surface area contributed by atoms with Gasteiger partial charge in [-0.25, -0.2) is 0 Å². The summed E-state index contributed by atoms with van der Waals surface area (Å²) in [5, 5.41) is 4.38. The Kier molecular flexibility index (Phi) is 3.36. The molecule has 0 radical (unpaired) electrons. The van der Waals surface area contributed by atoms with E-state index < -0.39 is 0 Å². The summed E-state index contributed by atoms with van der Waals surface area (Å²) in [6.07, 6.45) is 3.15. The predicted molar refractivity (Wildman–Crippen MR) is 68.9 cm³/mol. The van der Waals surface area contributed by atoms with Crippen LogP contribution in [0.15, 0.2) is 23.0 Å². The van der Waals surface area contributed by atoms with Gasteiger partial charge in [0.2, 0.25) is 0 Å². The Bertz CT molecular complexity index is 547. The van der Waals surface area contributed by atoms with Gasteiger partial charge >= 0.3 is 0 Å². The Morgan fingerprint density at radius 3 is 2.72 bits per heavy atom. The van der Waals surface area contributed by atoms with Crippen LogP contribution in [0.1, 0.15) is 32.6 Å². The zero-order chi connectivity index (χ0) is 13.3. The Morgan fingerprint density at radius 2 is 2.11 bits per heavy atom. The van der Waals surface area contributed by atoms with E-state index in [1.54, 1.807) is 12.3 Å². The number of hydrogen-bond donors (Lipinski definition) is 1. The molecule has 2 rings (SSSR count). The third kappa shape index (κ3) is 2.52. The second-order valence-electron chi connectivity index (χ2n) is 5.16. The number of aromatic nitrogens is 3. The van der Waals surface area contributed by atoms with Crippen LogP contribution in [0.2, 0.25) is 5.02 Å². The molecule has 5 nitrogen and oxygen atoms in total. The fraction of sp³-hybridized carbons (Fsp3) is 0.417. The van der Waals surface area contributed by atoms with Crippen molar-refractivity contribution in [3.8, 4) is 11.5 Å². The number of nitrogens with zero attached hydrogens (tertiary/aromatic N) is 3. The lowest BCUT2D eigenvalue weighted by atomic mass is 9.87. The van der Waals surface area contributed by atoms with Gasteiger partial charge in [-0.3, -0.25) is 4.98 Å². The average molecular weight is 267 g/mol. The topological polar surface area (TPSA) is 77.8 Å². The van der Waals surface area contributed by atoms with E-state index in [2.05, 4.69) is 15.1 Å². The quantitative estimate of drug-likeness (QED) is 0.904. The fourth-order valence-corrected chi connectivity index (χ4v) is 1.61. The molecular weight excluding hydrogens is 252 g/mol. The van der Waals surface area contributed by atoms with E-state index in [4.69, 9.17) is 21.9 Å². The SMILES string of the molecule is CC(C)(C)C(N)c1noc(-c2ccncc2Cl)n1. The van der Waals surface area contributed by atoms with E-state index in [1.165, 1.54) is 6.20 Å². The van der Waals surface area contributed by atoms with Crippen molar-refractivity contribution in [3.63, 3.8) is 0 Å². The Hall–Kier alpha value is -1.46. The minimum atomic E-state index is -0.296. The number of pyridine rings is 1. The molecule has 6 heteroatoms. The zero-order valence-corrected chi connectivity index (χ0v) is 11.3. The molecule has 0 bridgehead atoms. The van der Waals surface area contributed by atoms with Gasteiger partial charge in [0.1, 0.15) is 0 Å². The van der Waals surface area contributed by atoms with Crippen molar-refractivity contribution < 1.29 is 4.52 Å². The maximum Gasteiger partial charge on any atom is 0.259 e. The minimum absolute atomic E-state index is 0.136. The van der Waals surface area contributed by atoms with Gasteiger partial charge in [-0.2, -0.15) is 4.98 Å². The molecule has 0 aliphatic carbocycles. The summed E-state index contributed by atoms with van der Waals surface area (Å²) in [5.41, 5.74) is 6.59. The summed E-state index contributed by atoms with van der Waals surface area (Å²) in [4.78, 5) is 8.20. The van der Waals surface area contributed by atoms with Crippen LogP contribution in [0.4, 0.5) is 0 Å². The summed E-state index contributed by atoms with van der Waals surface area (Å²) in [7, 11) is 0. The van der Waals surface area contributed by atoms with Crippen LogP contribution < -0.4 is 5.73 Å². The molecular formula is C12H15ClN4O. The minimum Gasteiger partial charge on any atom is -0.334 e. The van der Waals surface area contributed by atoms with Crippen LogP contribution in [0.5, 0.6) is 0 Å². The van der Waals surface area contributed by atoms with Gasteiger partial charge in [0.15, 0.2) is 5.82 Å². The van der Waals surface area contributed by atoms with Crippen LogP contribution in [0.3, 0.4) is 0 Å². The molecule has 18 heavy (non-hydrogen) atoms. The highest BCUT2D eigenvalue weighted by molar-refractivity contribution is 6.32. The normalized spacial score (nSPS) is 13.6. The van der Waals surface area contributed by atoms with E-state index in [1.807, 2.05) is 20.8 Å². The molecule has 0 aliphatic heterocycles. The first-order valence-corrected chi connectivity index (χ1v) is 5.96. The third-order valence-corrected chi connectivity index (χ3v) is 2.96. The third-order valence-electron chi connectivity index (χ3n) is 2.66. The van der Waals surface area contributed by atoms with Crippen molar-refractivity contribution in [3.05, 3.63) is 29.3 Å². The van der Waals surface area contributed by atoms with Gasteiger partial charge in [-0.15, -0.1) is 0 Å². The van der Waals surface area contributed by atoms with Crippen molar-refractivity contribution in [2.45, 2.75) is 26.8 Å². The van der Waals surface area contributed by atoms with Gasteiger partial charge in [0, 0.05) is 12.4 Å². The summed E-state index contributed by atoms with van der Waals surface area (Å²) in [5.74, 6) is 0.836. The summed E-state index contributed by atoms with van der Waals surface area (Å²) < 4.78 is 5.19. The molecule has 1 unspecified atom stereocenters. The van der Waals surface area contributed by atoms with Crippen molar-refractivity contribution >= 4 is 11.6 Å². The standard InChI is InChI=1S/C12H15ClN4O/c1-12(2,3)9(14)10-16-11(18-17-10)7-4-5-15-6-8(7)13/h4-6,9H,14H2,1-3H3. The number of hydrogen-bond acceptors (Lipinski definition) is 5. The summed E-state index contributed by atoms with van der Waals surface area (Å²) in [6, 6.07) is 1.43. The lowest BCUT2D eigenvalue weighted by Crippen LogP contribution is -2.27. The number of nitrogens with two attached hydrogens (primary N) is 1. The summed E-state index contributed by atoms with van der Waals surface area (Å²) >= 11 is 6.02. The monoisotopic (exact) mass is 266 g/mol. The van der Waals surface area contributed by atoms with Gasteiger partial charge in [-0.1, -0.05) is 37.5 Å². The zero-order valence-electron chi connectivity index (χ0n) is 10.5. The van der Waals surface area contributed by atoms with E-state index in [-0.39, 0.29) is 11.5 Å². The molecule has 0 saturated carbocycles. The molecule has 2 aromatic heterocycles. The molecule has 0 fully saturated rings. The predicted octanol–water partition coefficient (Wildman–Crippen LogP) is 2.83. The highest BCUT2D eigenvalue weighted by Crippen LogP contribution is 2.31. The number of rotatable bonds is 2. The molecule has 0 spiro atoms. The largest absolute Gasteiger partial charge is 0.334 e. The average Bonchev–Trinajstić information content (AvgIpc) is 2.76. The van der Waals surface area contributed by atoms with Crippen LogP contribution in [-0.2, 0) is 0 Å². The van der Waals surface area contributed by atoms with Crippen molar-refractivity contribution in [2.24, 2.45) is 11.1 Å². The molecule has 0 aromatic carbocycles. The summed E-state index contributed by atoms with van der Waals surface area (Å²) in [6.45, 7) is 6.06. The van der Waals surface area contributed by atoms with E-state index in [9.17, 15) is 0 Å². The molecule has 2 aromatic rings. The first-order valence-electron chi connectivity index (χ1n) is 5.58. The van der Waals surface area contributed by atoms with Gasteiger partial charge in [-0.05, 0) is 11.5 Å². The molecule has 1 atom stereocenters. The lowest BCUT2D eigenvalue weighted by molar-refractivity contribution is 0.303. The van der Waals surface area contributed by atoms with Crippen LogP contribution in [0.25, 0.3) is 11.5 Å². The second kappa shape index (κ2) is 4.66. The van der Waals surface area contributed by atoms with Crippen LogP contribution >= 0.6 is 11.6 Å². The maximum absolute atomic E-state index is 6.07. The van der Waals surface area contributed by atoms with Gasteiger partial charge in [0.25, 0.3) is 5.89 Å². The Balaban J connectivity index is 2.35. The molecule has 0 aliphatic rings. The first-order chi connectivity index (χ1) is 8.39. The molecule has 2 heterocycles. The van der Waals surface area contributed by atoms with Crippen LogP contribution in [0, 0.1) is 5.41 Å². The van der Waals surface area contributed by atoms with E-state index in [0.717, 1.165) is 0 Å². The highest BCUT2D eigenvalue weighted by Gasteiger charge is 2.27. The molecule has 96 valence electrons. The Labute approximate surface area is 110 Å². The van der Waals surface area contributed by atoms with E-state index >= 15 is 0 Å². The van der Waals surface area contributed by atoms with Gasteiger partial charge < -0.3 is 10.3 Å². The van der Waals surface area contributed by atoms with Crippen molar-refractivity contribution in [2.75, 3.05) is 0 Å². The highest BCUT2D eigenvalue weighted by atomic mass is 35.5. The lowest BCUT2D eigenvalue weighted by Gasteiger charge is -2.23. The molecule has 2 N–H and O–H groups in total. The van der Waals surface area contributed by atoms with Gasteiger partial charge in [0.05, 0.1) is 16.6 Å². The van der Waals surface area contributed by atoms with Crippen molar-refractivity contribution in [1.29, 1.82) is 0 Å². The van der Waals surface area contributed by atoms with Crippen LogP contribution in [-0.4, -0.2) is 15.1 Å². The molecule has 0 amide bonds. The smallest absolute Gasteiger partial charge is 0.259 e. The van der Waals surface area contributed by atoms with E-state index in [0.29, 0.717) is 22.3 Å². The Morgan fingerprint density at radius 1 is 1.39 bits per heavy atom. The first kappa shape index (κ1) is 13.0. The maximum atomic E-state index is 6.07. The fourth-order valence-electron chi connectivity index (χ4n) is 1.41. The van der Waals surface area contributed by atoms with Crippen molar-refractivity contribution in [1.82, 2.24) is 15.1 Å². The second-order valence-corrected chi connectivity index (χ2v) is 5.56.